The summed E-state index contributed by atoms with van der Waals surface area (Å²) in [7, 11) is 0. The van der Waals surface area contributed by atoms with Crippen molar-refractivity contribution in [1.29, 1.82) is 0 Å². The van der Waals surface area contributed by atoms with Crippen molar-refractivity contribution in [2.24, 2.45) is 0 Å². The van der Waals surface area contributed by atoms with E-state index in [-0.39, 0.29) is 24.6 Å². The molecule has 0 saturated carbocycles. The Morgan fingerprint density at radius 1 is 1.35 bits per heavy atom. The minimum atomic E-state index is -0.300. The molecule has 7 heteroatoms. The number of aromatic nitrogens is 3. The molecular weight excluding hydrogens is 260 g/mol. The van der Waals surface area contributed by atoms with Crippen molar-refractivity contribution in [2.45, 2.75) is 13.1 Å². The second-order valence-corrected chi connectivity index (χ2v) is 4.25. The first-order valence-corrected chi connectivity index (χ1v) is 6.06. The largest absolute Gasteiger partial charge is 0.467 e. The van der Waals surface area contributed by atoms with Gasteiger partial charge in [-0.05, 0) is 24.3 Å². The van der Waals surface area contributed by atoms with Crippen LogP contribution in [0.4, 0.5) is 0 Å². The van der Waals surface area contributed by atoms with E-state index in [2.05, 4.69) is 10.4 Å². The fourth-order valence-corrected chi connectivity index (χ4v) is 1.88. The zero-order valence-corrected chi connectivity index (χ0v) is 10.5. The molecule has 0 radical (unpaired) electrons. The number of nitrogens with zero attached hydrogens (tertiary/aromatic N) is 3. The summed E-state index contributed by atoms with van der Waals surface area (Å²) in [6, 6.07) is 6.94. The molecule has 1 N–H and O–H groups in total. The van der Waals surface area contributed by atoms with Gasteiger partial charge in [-0.15, -0.1) is 0 Å². The molecule has 7 nitrogen and oxygen atoms in total. The van der Waals surface area contributed by atoms with Crippen molar-refractivity contribution in [1.82, 2.24) is 19.5 Å². The zero-order chi connectivity index (χ0) is 13.9. The van der Waals surface area contributed by atoms with Crippen LogP contribution >= 0.6 is 0 Å². The second-order valence-electron chi connectivity index (χ2n) is 4.25. The lowest BCUT2D eigenvalue weighted by Crippen LogP contribution is -2.33. The third-order valence-electron chi connectivity index (χ3n) is 2.88. The van der Waals surface area contributed by atoms with Crippen LogP contribution < -0.4 is 10.9 Å². The molecule has 0 aliphatic rings. The number of rotatable bonds is 4. The molecule has 0 aromatic carbocycles. The molecule has 0 fully saturated rings. The van der Waals surface area contributed by atoms with E-state index in [1.807, 2.05) is 0 Å². The Hall–Kier alpha value is -2.83. The van der Waals surface area contributed by atoms with Gasteiger partial charge in [0.05, 0.1) is 12.8 Å². The van der Waals surface area contributed by atoms with Gasteiger partial charge in [-0.2, -0.15) is 5.10 Å². The van der Waals surface area contributed by atoms with Gasteiger partial charge in [-0.3, -0.25) is 9.59 Å². The Morgan fingerprint density at radius 2 is 2.25 bits per heavy atom. The molecule has 1 amide bonds. The van der Waals surface area contributed by atoms with E-state index in [1.165, 1.54) is 12.6 Å². The van der Waals surface area contributed by atoms with E-state index in [1.54, 1.807) is 34.9 Å². The molecule has 3 aromatic rings. The van der Waals surface area contributed by atoms with E-state index in [4.69, 9.17) is 4.42 Å². The first-order valence-electron chi connectivity index (χ1n) is 6.06. The first kappa shape index (κ1) is 12.2. The zero-order valence-electron chi connectivity index (χ0n) is 10.5. The third kappa shape index (κ3) is 2.33. The Labute approximate surface area is 113 Å². The van der Waals surface area contributed by atoms with Gasteiger partial charge in [0.25, 0.3) is 5.56 Å². The van der Waals surface area contributed by atoms with Gasteiger partial charge in [0.15, 0.2) is 0 Å². The van der Waals surface area contributed by atoms with Gasteiger partial charge in [-0.1, -0.05) is 0 Å². The summed E-state index contributed by atoms with van der Waals surface area (Å²) in [6.45, 7) is 0.162. The van der Waals surface area contributed by atoms with E-state index >= 15 is 0 Å². The van der Waals surface area contributed by atoms with Crippen LogP contribution in [0, 0.1) is 0 Å². The number of amides is 1. The van der Waals surface area contributed by atoms with Crippen LogP contribution in [0.1, 0.15) is 5.76 Å². The summed E-state index contributed by atoms with van der Waals surface area (Å²) >= 11 is 0. The van der Waals surface area contributed by atoms with Gasteiger partial charge in [0, 0.05) is 6.20 Å². The van der Waals surface area contributed by atoms with Gasteiger partial charge >= 0.3 is 0 Å². The average Bonchev–Trinajstić information content (AvgIpc) is 3.10. The second kappa shape index (κ2) is 5.04. The molecular formula is C13H12N4O3. The topological polar surface area (TPSA) is 81.5 Å². The van der Waals surface area contributed by atoms with Gasteiger partial charge in [0.2, 0.25) is 5.91 Å². The average molecular weight is 272 g/mol. The number of hydrogen-bond donors (Lipinski definition) is 1. The Bertz CT molecular complexity index is 785. The van der Waals surface area contributed by atoms with Crippen molar-refractivity contribution in [3.8, 4) is 0 Å². The van der Waals surface area contributed by atoms with Gasteiger partial charge in [0.1, 0.15) is 24.1 Å². The van der Waals surface area contributed by atoms with Gasteiger partial charge < -0.3 is 14.1 Å². The summed E-state index contributed by atoms with van der Waals surface area (Å²) in [5.41, 5.74) is 0.185. The van der Waals surface area contributed by atoms with Crippen LogP contribution in [0.2, 0.25) is 0 Å². The quantitative estimate of drug-likeness (QED) is 0.745. The molecule has 3 heterocycles. The smallest absolute Gasteiger partial charge is 0.291 e. The number of furan rings is 1. The van der Waals surface area contributed by atoms with Crippen LogP contribution in [0.15, 0.2) is 52.3 Å². The molecule has 0 atom stereocenters. The summed E-state index contributed by atoms with van der Waals surface area (Å²) < 4.78 is 7.85. The highest BCUT2D eigenvalue weighted by Crippen LogP contribution is 1.99. The lowest BCUT2D eigenvalue weighted by Gasteiger charge is -2.05. The van der Waals surface area contributed by atoms with Crippen LogP contribution in [-0.2, 0) is 17.9 Å². The molecule has 0 aliphatic carbocycles. The predicted molar refractivity (Wildman–Crippen MR) is 70.0 cm³/mol. The van der Waals surface area contributed by atoms with Crippen LogP contribution in [0.5, 0.6) is 0 Å². The highest BCUT2D eigenvalue weighted by atomic mass is 16.3. The Kier molecular flexibility index (Phi) is 3.08. The van der Waals surface area contributed by atoms with Crippen molar-refractivity contribution >= 4 is 11.4 Å². The molecule has 0 bridgehead atoms. The highest BCUT2D eigenvalue weighted by Gasteiger charge is 2.08. The standard InChI is InChI=1S/C13H12N4O3/c18-12(14-7-10-3-2-6-20-10)8-17-13(19)11-4-1-5-16(11)9-15-17/h1-6,9H,7-8H2,(H,14,18). The number of fused-ring (bicyclic) bond motifs is 1. The van der Waals surface area contributed by atoms with Crippen LogP contribution in [-0.4, -0.2) is 20.1 Å². The molecule has 0 unspecified atom stereocenters. The fourth-order valence-electron chi connectivity index (χ4n) is 1.88. The minimum Gasteiger partial charge on any atom is -0.467 e. The minimum absolute atomic E-state index is 0.124. The normalized spacial score (nSPS) is 10.8. The van der Waals surface area contributed by atoms with E-state index < -0.39 is 0 Å². The number of nitrogens with one attached hydrogen (secondary N) is 1. The van der Waals surface area contributed by atoms with E-state index in [9.17, 15) is 9.59 Å². The van der Waals surface area contributed by atoms with Gasteiger partial charge in [-0.25, -0.2) is 4.68 Å². The van der Waals surface area contributed by atoms with E-state index in [0.29, 0.717) is 11.3 Å². The molecule has 0 spiro atoms. The Balaban J connectivity index is 1.71. The highest BCUT2D eigenvalue weighted by molar-refractivity contribution is 5.75. The summed E-state index contributed by atoms with van der Waals surface area (Å²) in [5, 5.41) is 6.61. The van der Waals surface area contributed by atoms with Crippen molar-refractivity contribution in [2.75, 3.05) is 0 Å². The molecule has 20 heavy (non-hydrogen) atoms. The number of carbonyl (C=O) groups excluding carboxylic acids is 1. The molecule has 102 valence electrons. The predicted octanol–water partition coefficient (Wildman–Crippen LogP) is 0.405. The summed E-state index contributed by atoms with van der Waals surface area (Å²) in [6.07, 6.45) is 4.76. The maximum absolute atomic E-state index is 12.0. The molecule has 3 rings (SSSR count). The SMILES string of the molecule is O=C(Cn1ncn2cccc2c1=O)NCc1ccco1. The van der Waals surface area contributed by atoms with Crippen LogP contribution in [0.3, 0.4) is 0 Å². The van der Waals surface area contributed by atoms with E-state index in [0.717, 1.165) is 4.68 Å². The lowest BCUT2D eigenvalue weighted by molar-refractivity contribution is -0.122. The van der Waals surface area contributed by atoms with Crippen molar-refractivity contribution < 1.29 is 9.21 Å². The Morgan fingerprint density at radius 3 is 3.05 bits per heavy atom. The lowest BCUT2D eigenvalue weighted by atomic mass is 10.4. The summed E-state index contributed by atoms with van der Waals surface area (Å²) in [5.74, 6) is 0.354. The maximum Gasteiger partial charge on any atom is 0.291 e. The summed E-state index contributed by atoms with van der Waals surface area (Å²) in [4.78, 5) is 23.8. The third-order valence-corrected chi connectivity index (χ3v) is 2.88. The fraction of sp³-hybridized carbons (Fsp3) is 0.154. The van der Waals surface area contributed by atoms with Crippen molar-refractivity contribution in [3.05, 3.63) is 59.2 Å². The van der Waals surface area contributed by atoms with Crippen molar-refractivity contribution in [3.63, 3.8) is 0 Å². The monoisotopic (exact) mass is 272 g/mol. The maximum atomic E-state index is 12.0. The number of carbonyl (C=O) groups is 1. The molecule has 3 aromatic heterocycles. The van der Waals surface area contributed by atoms with Crippen LogP contribution in [0.25, 0.3) is 5.52 Å². The number of hydrogen-bond acceptors (Lipinski definition) is 4. The molecule has 0 saturated heterocycles. The molecule has 0 aliphatic heterocycles. The first-order chi connectivity index (χ1) is 9.74.